The maximum atomic E-state index is 10.5. The average Bonchev–Trinajstić information content (AvgIpc) is 3.01. The number of ether oxygens (including phenoxy) is 1. The van der Waals surface area contributed by atoms with E-state index in [1.807, 2.05) is 6.08 Å². The van der Waals surface area contributed by atoms with Crippen LogP contribution in [-0.4, -0.2) is 34.5 Å². The van der Waals surface area contributed by atoms with Crippen molar-refractivity contribution in [2.24, 2.45) is 11.8 Å². The third-order valence-corrected chi connectivity index (χ3v) is 5.21. The summed E-state index contributed by atoms with van der Waals surface area (Å²) in [4.78, 5) is 10.5. The van der Waals surface area contributed by atoms with Gasteiger partial charge in [0.05, 0.1) is 18.3 Å². The lowest BCUT2D eigenvalue weighted by Crippen LogP contribution is -2.29. The Hall–Kier alpha value is -1.13. The molecule has 0 aromatic heterocycles. The summed E-state index contributed by atoms with van der Waals surface area (Å²) in [6.07, 6.45) is 17.0. The number of carboxylic acid groups (broad SMARTS) is 1. The summed E-state index contributed by atoms with van der Waals surface area (Å²) in [6.45, 7) is 2.17. The fourth-order valence-electron chi connectivity index (χ4n) is 3.76. The van der Waals surface area contributed by atoms with Crippen molar-refractivity contribution in [2.75, 3.05) is 0 Å². The van der Waals surface area contributed by atoms with E-state index in [2.05, 4.69) is 25.2 Å². The van der Waals surface area contributed by atoms with Crippen molar-refractivity contribution in [2.45, 2.75) is 83.0 Å². The van der Waals surface area contributed by atoms with E-state index in [9.17, 15) is 9.90 Å². The van der Waals surface area contributed by atoms with E-state index >= 15 is 0 Å². The lowest BCUT2D eigenvalue weighted by Gasteiger charge is -2.25. The number of aliphatic carboxylic acids is 1. The lowest BCUT2D eigenvalue weighted by atomic mass is 9.91. The van der Waals surface area contributed by atoms with Gasteiger partial charge in [0, 0.05) is 18.8 Å². The molecule has 0 amide bonds. The van der Waals surface area contributed by atoms with Gasteiger partial charge in [-0.1, -0.05) is 50.5 Å². The zero-order valence-corrected chi connectivity index (χ0v) is 14.8. The molecule has 2 N–H and O–H groups in total. The van der Waals surface area contributed by atoms with Crippen LogP contribution >= 0.6 is 0 Å². The highest BCUT2D eigenvalue weighted by atomic mass is 16.5. The second-order valence-corrected chi connectivity index (χ2v) is 7.13. The van der Waals surface area contributed by atoms with Crippen LogP contribution in [0.1, 0.15) is 64.7 Å². The number of carboxylic acids is 1. The molecule has 1 aliphatic carbocycles. The Morgan fingerprint density at radius 2 is 2.04 bits per heavy atom. The molecule has 0 radical (unpaired) electrons. The Balaban J connectivity index is 1.72. The maximum Gasteiger partial charge on any atom is 0.303 e. The van der Waals surface area contributed by atoms with Gasteiger partial charge in [-0.25, -0.2) is 0 Å². The summed E-state index contributed by atoms with van der Waals surface area (Å²) in [5, 5.41) is 18.7. The third kappa shape index (κ3) is 5.75. The smallest absolute Gasteiger partial charge is 0.303 e. The molecule has 4 nitrogen and oxygen atoms in total. The number of carbonyl (C=O) groups is 1. The molecule has 24 heavy (non-hydrogen) atoms. The van der Waals surface area contributed by atoms with Gasteiger partial charge in [-0.05, 0) is 31.6 Å². The summed E-state index contributed by atoms with van der Waals surface area (Å²) in [6, 6.07) is 0. The van der Waals surface area contributed by atoms with Gasteiger partial charge in [0.2, 0.25) is 0 Å². The Morgan fingerprint density at radius 3 is 2.75 bits per heavy atom. The van der Waals surface area contributed by atoms with Crippen LogP contribution in [0.4, 0.5) is 0 Å². The van der Waals surface area contributed by atoms with Crippen LogP contribution in [0.25, 0.3) is 0 Å². The van der Waals surface area contributed by atoms with E-state index in [4.69, 9.17) is 9.84 Å². The minimum absolute atomic E-state index is 0.239. The van der Waals surface area contributed by atoms with Crippen LogP contribution in [0.5, 0.6) is 0 Å². The van der Waals surface area contributed by atoms with Crippen LogP contribution in [0.15, 0.2) is 24.3 Å². The van der Waals surface area contributed by atoms with Gasteiger partial charge in [0.25, 0.3) is 0 Å². The Labute approximate surface area is 145 Å². The molecule has 2 bridgehead atoms. The summed E-state index contributed by atoms with van der Waals surface area (Å²) in [5.74, 6) is 0.195. The predicted octanol–water partition coefficient (Wildman–Crippen LogP) is 4.09. The van der Waals surface area contributed by atoms with Crippen LogP contribution in [0, 0.1) is 11.8 Å². The van der Waals surface area contributed by atoms with Crippen molar-refractivity contribution in [3.63, 3.8) is 0 Å². The van der Waals surface area contributed by atoms with Gasteiger partial charge in [-0.2, -0.15) is 0 Å². The van der Waals surface area contributed by atoms with E-state index in [0.29, 0.717) is 30.5 Å². The number of aliphatic hydroxyl groups is 1. The number of unbranched alkanes of at least 4 members (excludes halogenated alkanes) is 3. The maximum absolute atomic E-state index is 10.5. The molecule has 2 aliphatic heterocycles. The molecule has 0 spiro atoms. The number of hydrogen-bond donors (Lipinski definition) is 2. The van der Waals surface area contributed by atoms with Crippen LogP contribution < -0.4 is 0 Å². The topological polar surface area (TPSA) is 66.8 Å². The van der Waals surface area contributed by atoms with Crippen molar-refractivity contribution >= 4 is 5.97 Å². The second-order valence-electron chi connectivity index (χ2n) is 7.13. The molecule has 4 heteroatoms. The summed E-state index contributed by atoms with van der Waals surface area (Å²) in [5.41, 5.74) is 0. The molecule has 3 fully saturated rings. The first-order valence-corrected chi connectivity index (χ1v) is 9.50. The molecule has 2 heterocycles. The van der Waals surface area contributed by atoms with Crippen molar-refractivity contribution in [3.05, 3.63) is 24.3 Å². The van der Waals surface area contributed by atoms with Crippen molar-refractivity contribution < 1.29 is 19.7 Å². The second kappa shape index (κ2) is 10.00. The normalized spacial score (nSPS) is 30.1. The average molecular weight is 336 g/mol. The first-order chi connectivity index (χ1) is 11.6. The zero-order valence-electron chi connectivity index (χ0n) is 14.8. The number of allylic oxidation sites excluding steroid dienone is 2. The first kappa shape index (κ1) is 19.2. The van der Waals surface area contributed by atoms with E-state index < -0.39 is 5.97 Å². The van der Waals surface area contributed by atoms with E-state index in [-0.39, 0.29) is 12.5 Å². The molecule has 0 aromatic carbocycles. The quantitative estimate of drug-likeness (QED) is 0.416. The molecule has 3 aliphatic rings. The molecule has 5 atom stereocenters. The van der Waals surface area contributed by atoms with Gasteiger partial charge < -0.3 is 14.9 Å². The number of rotatable bonds is 12. The lowest BCUT2D eigenvalue weighted by molar-refractivity contribution is -0.137. The number of hydrogen-bond acceptors (Lipinski definition) is 3. The molecule has 3 rings (SSSR count). The van der Waals surface area contributed by atoms with Crippen molar-refractivity contribution in [1.29, 1.82) is 0 Å². The van der Waals surface area contributed by atoms with E-state index in [1.165, 1.54) is 12.8 Å². The SMILES string of the molecule is CCCCC[C@H](O)/C=C/[C@@H]1[C@@H](C/C=C\CCCC(=O)O)[C@@H]2C[C@@H]1O2. The fraction of sp³-hybridized carbons (Fsp3) is 0.750. The van der Waals surface area contributed by atoms with Crippen LogP contribution in [0.2, 0.25) is 0 Å². The summed E-state index contributed by atoms with van der Waals surface area (Å²) in [7, 11) is 0. The fourth-order valence-corrected chi connectivity index (χ4v) is 3.76. The van der Waals surface area contributed by atoms with Gasteiger partial charge in [0.15, 0.2) is 0 Å². The largest absolute Gasteiger partial charge is 0.481 e. The minimum Gasteiger partial charge on any atom is -0.481 e. The Morgan fingerprint density at radius 1 is 1.25 bits per heavy atom. The molecule has 0 unspecified atom stereocenters. The Kier molecular flexibility index (Phi) is 8.00. The predicted molar refractivity (Wildman–Crippen MR) is 94.8 cm³/mol. The van der Waals surface area contributed by atoms with Gasteiger partial charge >= 0.3 is 5.97 Å². The number of aliphatic hydroxyl groups excluding tert-OH is 1. The van der Waals surface area contributed by atoms with Crippen LogP contribution in [0.3, 0.4) is 0 Å². The van der Waals surface area contributed by atoms with Gasteiger partial charge in [-0.15, -0.1) is 0 Å². The van der Waals surface area contributed by atoms with Crippen LogP contribution in [-0.2, 0) is 9.53 Å². The number of fused-ring (bicyclic) bond motifs is 1. The van der Waals surface area contributed by atoms with E-state index in [1.54, 1.807) is 0 Å². The first-order valence-electron chi connectivity index (χ1n) is 9.50. The highest BCUT2D eigenvalue weighted by molar-refractivity contribution is 5.66. The molecule has 136 valence electrons. The van der Waals surface area contributed by atoms with Gasteiger partial charge in [-0.3, -0.25) is 4.79 Å². The summed E-state index contributed by atoms with van der Waals surface area (Å²) < 4.78 is 5.87. The summed E-state index contributed by atoms with van der Waals surface area (Å²) >= 11 is 0. The zero-order chi connectivity index (χ0) is 17.4. The minimum atomic E-state index is -0.726. The standard InChI is InChI=1S/C20H32O4/c1-2-3-6-9-15(21)12-13-17-16(18-14-19(17)24-18)10-7-4-5-8-11-20(22)23/h4,7,12-13,15-19,21H,2-3,5-6,8-11,14H2,1H3,(H,22,23)/b7-4-,13-12+/t15-,16+,17+,18-,19-/m0/s1. The van der Waals surface area contributed by atoms with Crippen molar-refractivity contribution in [3.8, 4) is 0 Å². The van der Waals surface area contributed by atoms with E-state index in [0.717, 1.165) is 32.1 Å². The molecule has 0 aromatic rings. The molecular weight excluding hydrogens is 304 g/mol. The Bertz CT molecular complexity index is 437. The monoisotopic (exact) mass is 336 g/mol. The van der Waals surface area contributed by atoms with Gasteiger partial charge in [0.1, 0.15) is 0 Å². The molecule has 2 saturated heterocycles. The van der Waals surface area contributed by atoms with Crippen molar-refractivity contribution in [1.82, 2.24) is 0 Å². The third-order valence-electron chi connectivity index (χ3n) is 5.21. The highest BCUT2D eigenvalue weighted by Crippen LogP contribution is 2.48. The molecular formula is C20H32O4. The molecule has 1 saturated carbocycles. The highest BCUT2D eigenvalue weighted by Gasteiger charge is 2.51.